The summed E-state index contributed by atoms with van der Waals surface area (Å²) < 4.78 is 44.7. The quantitative estimate of drug-likeness (QED) is 0.782. The van der Waals surface area contributed by atoms with Crippen LogP contribution in [0, 0.1) is 0 Å². The number of benzene rings is 1. The number of carbonyl (C=O) groups is 1. The molecule has 1 fully saturated rings. The molecule has 0 amide bonds. The molecule has 0 aromatic heterocycles. The second kappa shape index (κ2) is 4.51. The summed E-state index contributed by atoms with van der Waals surface area (Å²) in [5.41, 5.74) is 0.859. The van der Waals surface area contributed by atoms with E-state index in [0.717, 1.165) is 18.9 Å². The van der Waals surface area contributed by atoms with Gasteiger partial charge in [0.25, 0.3) is 0 Å². The van der Waals surface area contributed by atoms with Crippen LogP contribution in [0.1, 0.15) is 34.7 Å². The summed E-state index contributed by atoms with van der Waals surface area (Å²) in [5, 5.41) is 0. The van der Waals surface area contributed by atoms with Gasteiger partial charge in [-0.2, -0.15) is 0 Å². The molecule has 0 heterocycles. The maximum atomic E-state index is 12.1. The first-order valence-electron chi connectivity index (χ1n) is 5.38. The van der Waals surface area contributed by atoms with Crippen molar-refractivity contribution >= 4 is 5.97 Å². The number of alkyl halides is 3. The van der Waals surface area contributed by atoms with E-state index < -0.39 is 12.3 Å². The van der Waals surface area contributed by atoms with Crippen LogP contribution in [0.5, 0.6) is 5.75 Å². The molecule has 18 heavy (non-hydrogen) atoms. The summed E-state index contributed by atoms with van der Waals surface area (Å²) in [6.07, 6.45) is -3.01. The molecule has 1 aliphatic carbocycles. The van der Waals surface area contributed by atoms with E-state index in [4.69, 9.17) is 0 Å². The van der Waals surface area contributed by atoms with E-state index >= 15 is 0 Å². The van der Waals surface area contributed by atoms with Crippen molar-refractivity contribution in [1.82, 2.24) is 0 Å². The van der Waals surface area contributed by atoms with Gasteiger partial charge in [0.2, 0.25) is 0 Å². The number of methoxy groups -OCH3 is 1. The van der Waals surface area contributed by atoms with Crippen molar-refractivity contribution in [2.45, 2.75) is 25.1 Å². The van der Waals surface area contributed by atoms with Gasteiger partial charge < -0.3 is 9.47 Å². The molecule has 0 saturated heterocycles. The fraction of sp³-hybridized carbons (Fsp3) is 0.417. The van der Waals surface area contributed by atoms with Crippen molar-refractivity contribution in [3.8, 4) is 5.75 Å². The van der Waals surface area contributed by atoms with Gasteiger partial charge >= 0.3 is 12.3 Å². The lowest BCUT2D eigenvalue weighted by Crippen LogP contribution is -2.17. The lowest BCUT2D eigenvalue weighted by molar-refractivity contribution is -0.274. The van der Waals surface area contributed by atoms with E-state index in [-0.39, 0.29) is 11.7 Å². The van der Waals surface area contributed by atoms with E-state index in [2.05, 4.69) is 9.47 Å². The highest BCUT2D eigenvalue weighted by molar-refractivity contribution is 5.91. The fourth-order valence-electron chi connectivity index (χ4n) is 1.77. The van der Waals surface area contributed by atoms with Gasteiger partial charge in [-0.25, -0.2) is 4.79 Å². The van der Waals surface area contributed by atoms with Crippen LogP contribution in [-0.2, 0) is 4.74 Å². The zero-order valence-electron chi connectivity index (χ0n) is 9.58. The first-order valence-corrected chi connectivity index (χ1v) is 5.38. The highest BCUT2D eigenvalue weighted by Crippen LogP contribution is 2.43. The zero-order chi connectivity index (χ0) is 13.3. The Bertz CT molecular complexity index is 464. The van der Waals surface area contributed by atoms with E-state index in [1.54, 1.807) is 0 Å². The molecule has 6 heteroatoms. The Kier molecular flexibility index (Phi) is 3.19. The van der Waals surface area contributed by atoms with Crippen LogP contribution in [0.25, 0.3) is 0 Å². The Morgan fingerprint density at radius 3 is 2.50 bits per heavy atom. The van der Waals surface area contributed by atoms with Crippen molar-refractivity contribution < 1.29 is 27.4 Å². The van der Waals surface area contributed by atoms with Gasteiger partial charge in [0.15, 0.2) is 0 Å². The molecule has 98 valence electrons. The Labute approximate surface area is 102 Å². The second-order valence-electron chi connectivity index (χ2n) is 4.06. The Hall–Kier alpha value is -1.72. The molecule has 1 saturated carbocycles. The smallest absolute Gasteiger partial charge is 0.465 e. The number of hydrogen-bond donors (Lipinski definition) is 0. The summed E-state index contributed by atoms with van der Waals surface area (Å²) >= 11 is 0. The van der Waals surface area contributed by atoms with E-state index in [1.807, 2.05) is 0 Å². The van der Waals surface area contributed by atoms with Crippen LogP contribution >= 0.6 is 0 Å². The predicted octanol–water partition coefficient (Wildman–Crippen LogP) is 3.25. The molecule has 0 aliphatic heterocycles. The van der Waals surface area contributed by atoms with Gasteiger partial charge in [0.05, 0.1) is 12.7 Å². The largest absolute Gasteiger partial charge is 0.573 e. The molecule has 0 radical (unpaired) electrons. The Morgan fingerprint density at radius 1 is 1.33 bits per heavy atom. The van der Waals surface area contributed by atoms with Crippen molar-refractivity contribution in [2.24, 2.45) is 0 Å². The molecule has 0 atom stereocenters. The average molecular weight is 260 g/mol. The van der Waals surface area contributed by atoms with E-state index in [0.29, 0.717) is 11.1 Å². The highest BCUT2D eigenvalue weighted by Gasteiger charge is 2.33. The standard InChI is InChI=1S/C12H11F3O3/c1-17-11(16)9-5-4-8(18-12(13,14)15)6-10(9)7-2-3-7/h4-7H,2-3H2,1H3. The molecular weight excluding hydrogens is 249 g/mol. The normalized spacial score (nSPS) is 15.3. The van der Waals surface area contributed by atoms with Crippen LogP contribution in [0.2, 0.25) is 0 Å². The van der Waals surface area contributed by atoms with Gasteiger partial charge in [0.1, 0.15) is 5.75 Å². The third-order valence-corrected chi connectivity index (χ3v) is 2.68. The van der Waals surface area contributed by atoms with Gasteiger partial charge in [0, 0.05) is 0 Å². The zero-order valence-corrected chi connectivity index (χ0v) is 9.58. The van der Waals surface area contributed by atoms with Crippen LogP contribution in [0.15, 0.2) is 18.2 Å². The summed E-state index contributed by atoms with van der Waals surface area (Å²) in [6.45, 7) is 0. The van der Waals surface area contributed by atoms with Gasteiger partial charge in [-0.15, -0.1) is 13.2 Å². The summed E-state index contributed by atoms with van der Waals surface area (Å²) in [7, 11) is 1.24. The third kappa shape index (κ3) is 2.94. The number of ether oxygens (including phenoxy) is 2. The van der Waals surface area contributed by atoms with Crippen LogP contribution in [0.3, 0.4) is 0 Å². The molecule has 3 nitrogen and oxygen atoms in total. The Morgan fingerprint density at radius 2 is 2.00 bits per heavy atom. The number of hydrogen-bond acceptors (Lipinski definition) is 3. The maximum Gasteiger partial charge on any atom is 0.573 e. The van der Waals surface area contributed by atoms with Crippen LogP contribution in [0.4, 0.5) is 13.2 Å². The average Bonchev–Trinajstić information content (AvgIpc) is 3.09. The number of carbonyl (C=O) groups excluding carboxylic acids is 1. The van der Waals surface area contributed by atoms with E-state index in [9.17, 15) is 18.0 Å². The molecule has 1 aromatic rings. The van der Waals surface area contributed by atoms with Crippen LogP contribution in [-0.4, -0.2) is 19.4 Å². The summed E-state index contributed by atoms with van der Waals surface area (Å²) in [5.74, 6) is -0.733. The summed E-state index contributed by atoms with van der Waals surface area (Å²) in [6, 6.07) is 3.68. The lowest BCUT2D eigenvalue weighted by atomic mass is 10.0. The summed E-state index contributed by atoms with van der Waals surface area (Å²) in [4.78, 5) is 11.5. The van der Waals surface area contributed by atoms with Crippen molar-refractivity contribution in [3.63, 3.8) is 0 Å². The molecule has 1 aromatic carbocycles. The topological polar surface area (TPSA) is 35.5 Å². The second-order valence-corrected chi connectivity index (χ2v) is 4.06. The maximum absolute atomic E-state index is 12.1. The molecule has 0 unspecified atom stereocenters. The van der Waals surface area contributed by atoms with Gasteiger partial charge in [-0.05, 0) is 42.5 Å². The Balaban J connectivity index is 2.31. The molecular formula is C12H11F3O3. The minimum atomic E-state index is -4.73. The molecule has 2 rings (SSSR count). The number of rotatable bonds is 3. The fourth-order valence-corrected chi connectivity index (χ4v) is 1.77. The van der Waals surface area contributed by atoms with Crippen molar-refractivity contribution in [2.75, 3.05) is 7.11 Å². The molecule has 0 spiro atoms. The first-order chi connectivity index (χ1) is 8.40. The minimum absolute atomic E-state index is 0.121. The van der Waals surface area contributed by atoms with Crippen molar-refractivity contribution in [1.29, 1.82) is 0 Å². The highest BCUT2D eigenvalue weighted by atomic mass is 19.4. The lowest BCUT2D eigenvalue weighted by Gasteiger charge is -2.12. The van der Waals surface area contributed by atoms with Gasteiger partial charge in [-0.1, -0.05) is 0 Å². The van der Waals surface area contributed by atoms with Gasteiger partial charge in [-0.3, -0.25) is 0 Å². The molecule has 0 N–H and O–H groups in total. The monoisotopic (exact) mass is 260 g/mol. The van der Waals surface area contributed by atoms with E-state index in [1.165, 1.54) is 19.2 Å². The SMILES string of the molecule is COC(=O)c1ccc(OC(F)(F)F)cc1C1CC1. The first kappa shape index (κ1) is 12.7. The third-order valence-electron chi connectivity index (χ3n) is 2.68. The molecule has 1 aliphatic rings. The minimum Gasteiger partial charge on any atom is -0.465 e. The number of esters is 1. The molecule has 0 bridgehead atoms. The number of halogens is 3. The van der Waals surface area contributed by atoms with Crippen LogP contribution < -0.4 is 4.74 Å². The predicted molar refractivity (Wildman–Crippen MR) is 56.4 cm³/mol. The van der Waals surface area contributed by atoms with Crippen molar-refractivity contribution in [3.05, 3.63) is 29.3 Å².